The van der Waals surface area contributed by atoms with Gasteiger partial charge in [-0.1, -0.05) is 18.2 Å². The molecule has 0 spiro atoms. The highest BCUT2D eigenvalue weighted by atomic mass is 16.5. The van der Waals surface area contributed by atoms with Crippen LogP contribution < -0.4 is 10.5 Å². The Labute approximate surface area is 159 Å². The van der Waals surface area contributed by atoms with Crippen molar-refractivity contribution in [2.45, 2.75) is 12.8 Å². The second kappa shape index (κ2) is 7.16. The summed E-state index contributed by atoms with van der Waals surface area (Å²) in [6, 6.07) is 13.9. The molecular weight excluding hydrogens is 338 g/mol. The number of nitrogens with two attached hydrogens (primary N) is 1. The SMILES string of the molecule is CCOc1ccc([C@@H]2[C@@H]3CN(C)CC=C3C(C#N)=C(N)C2(C#N)C#N)cc1. The zero-order valence-electron chi connectivity index (χ0n) is 15.4. The van der Waals surface area contributed by atoms with Crippen molar-refractivity contribution in [1.82, 2.24) is 4.90 Å². The van der Waals surface area contributed by atoms with Crippen LogP contribution in [-0.4, -0.2) is 31.6 Å². The molecule has 2 N–H and O–H groups in total. The van der Waals surface area contributed by atoms with Gasteiger partial charge in [-0.05, 0) is 37.2 Å². The Kier molecular flexibility index (Phi) is 4.91. The van der Waals surface area contributed by atoms with E-state index in [9.17, 15) is 15.8 Å². The maximum atomic E-state index is 10.00. The molecule has 0 radical (unpaired) electrons. The minimum atomic E-state index is -1.58. The first-order chi connectivity index (χ1) is 13.0. The van der Waals surface area contributed by atoms with Crippen LogP contribution in [0.5, 0.6) is 5.75 Å². The van der Waals surface area contributed by atoms with Gasteiger partial charge in [0.2, 0.25) is 0 Å². The standard InChI is InChI=1S/C21H21N5O/c1-3-27-15-6-4-14(5-7-15)19-18-11-26(2)9-8-16(18)17(10-22)20(25)21(19,12-23)13-24/h4-8,18-19H,3,9,11,25H2,1-2H3/t18-,19-/m1/s1. The van der Waals surface area contributed by atoms with Gasteiger partial charge in [0.1, 0.15) is 11.8 Å². The van der Waals surface area contributed by atoms with E-state index in [4.69, 9.17) is 10.5 Å². The summed E-state index contributed by atoms with van der Waals surface area (Å²) in [5.41, 5.74) is 6.70. The Balaban J connectivity index is 2.23. The van der Waals surface area contributed by atoms with E-state index >= 15 is 0 Å². The highest BCUT2D eigenvalue weighted by molar-refractivity contribution is 5.59. The van der Waals surface area contributed by atoms with Crippen LogP contribution in [0.4, 0.5) is 0 Å². The molecule has 0 unspecified atom stereocenters. The van der Waals surface area contributed by atoms with E-state index in [2.05, 4.69) is 23.1 Å². The van der Waals surface area contributed by atoms with Crippen molar-refractivity contribution < 1.29 is 4.74 Å². The molecule has 0 saturated carbocycles. The third-order valence-corrected chi connectivity index (χ3v) is 5.40. The third kappa shape index (κ3) is 2.83. The van der Waals surface area contributed by atoms with Gasteiger partial charge in [0, 0.05) is 24.9 Å². The van der Waals surface area contributed by atoms with Crippen LogP contribution in [0, 0.1) is 45.3 Å². The number of benzene rings is 1. The molecule has 3 rings (SSSR count). The van der Waals surface area contributed by atoms with Crippen molar-refractivity contribution in [1.29, 1.82) is 15.8 Å². The molecule has 136 valence electrons. The lowest BCUT2D eigenvalue weighted by atomic mass is 9.58. The van der Waals surface area contributed by atoms with Crippen molar-refractivity contribution in [3.05, 3.63) is 52.7 Å². The first-order valence-corrected chi connectivity index (χ1v) is 8.86. The molecular formula is C21H21N5O. The maximum absolute atomic E-state index is 10.00. The molecule has 1 aliphatic carbocycles. The number of hydrogen-bond acceptors (Lipinski definition) is 6. The van der Waals surface area contributed by atoms with Crippen molar-refractivity contribution in [2.24, 2.45) is 17.1 Å². The fourth-order valence-corrected chi connectivity index (χ4v) is 4.14. The lowest BCUT2D eigenvalue weighted by Crippen LogP contribution is -2.47. The quantitative estimate of drug-likeness (QED) is 0.887. The van der Waals surface area contributed by atoms with Gasteiger partial charge in [-0.3, -0.25) is 0 Å². The number of nitrogens with zero attached hydrogens (tertiary/aromatic N) is 4. The smallest absolute Gasteiger partial charge is 0.191 e. The monoisotopic (exact) mass is 359 g/mol. The highest BCUT2D eigenvalue weighted by Crippen LogP contribution is 2.54. The van der Waals surface area contributed by atoms with Crippen LogP contribution >= 0.6 is 0 Å². The molecule has 27 heavy (non-hydrogen) atoms. The molecule has 1 heterocycles. The Bertz CT molecular complexity index is 909. The van der Waals surface area contributed by atoms with Crippen LogP contribution in [0.25, 0.3) is 0 Å². The summed E-state index contributed by atoms with van der Waals surface area (Å²) in [7, 11) is 1.98. The van der Waals surface area contributed by atoms with Gasteiger partial charge < -0.3 is 15.4 Å². The average molecular weight is 359 g/mol. The van der Waals surface area contributed by atoms with Crippen LogP contribution in [0.3, 0.4) is 0 Å². The molecule has 0 bridgehead atoms. The molecule has 0 fully saturated rings. The minimum Gasteiger partial charge on any atom is -0.494 e. The molecule has 6 heteroatoms. The fraction of sp³-hybridized carbons (Fsp3) is 0.381. The van der Waals surface area contributed by atoms with Gasteiger partial charge in [0.15, 0.2) is 5.41 Å². The Morgan fingerprint density at radius 1 is 1.22 bits per heavy atom. The van der Waals surface area contributed by atoms with Crippen LogP contribution in [-0.2, 0) is 0 Å². The van der Waals surface area contributed by atoms with Crippen LogP contribution in [0.2, 0.25) is 0 Å². The third-order valence-electron chi connectivity index (χ3n) is 5.40. The lowest BCUT2D eigenvalue weighted by Gasteiger charge is -2.45. The van der Waals surface area contributed by atoms with Crippen LogP contribution in [0.15, 0.2) is 47.2 Å². The molecule has 1 aromatic rings. The fourth-order valence-electron chi connectivity index (χ4n) is 4.14. The Morgan fingerprint density at radius 2 is 1.89 bits per heavy atom. The second-order valence-electron chi connectivity index (χ2n) is 6.90. The number of ether oxygens (including phenoxy) is 1. The number of fused-ring (bicyclic) bond motifs is 1. The number of likely N-dealkylation sites (N-methyl/N-ethyl adjacent to an activating group) is 1. The van der Waals surface area contributed by atoms with Crippen molar-refractivity contribution in [2.75, 3.05) is 26.7 Å². The van der Waals surface area contributed by atoms with Gasteiger partial charge in [0.05, 0.1) is 30.0 Å². The topological polar surface area (TPSA) is 110 Å². The number of allylic oxidation sites excluding steroid dienone is 2. The first kappa shape index (κ1) is 18.5. The molecule has 0 amide bonds. The van der Waals surface area contributed by atoms with E-state index in [0.717, 1.165) is 16.9 Å². The molecule has 2 aliphatic rings. The molecule has 1 aromatic carbocycles. The predicted octanol–water partition coefficient (Wildman–Crippen LogP) is 2.44. The van der Waals surface area contributed by atoms with Gasteiger partial charge in [-0.2, -0.15) is 15.8 Å². The van der Waals surface area contributed by atoms with Gasteiger partial charge in [-0.25, -0.2) is 0 Å². The maximum Gasteiger partial charge on any atom is 0.191 e. The average Bonchev–Trinajstić information content (AvgIpc) is 2.68. The van der Waals surface area contributed by atoms with Gasteiger partial charge >= 0.3 is 0 Å². The van der Waals surface area contributed by atoms with Crippen molar-refractivity contribution >= 4 is 0 Å². The number of hydrogen-bond donors (Lipinski definition) is 1. The predicted molar refractivity (Wildman–Crippen MR) is 99.9 cm³/mol. The molecule has 6 nitrogen and oxygen atoms in total. The molecule has 1 aliphatic heterocycles. The van der Waals surface area contributed by atoms with Gasteiger partial charge in [-0.15, -0.1) is 0 Å². The highest BCUT2D eigenvalue weighted by Gasteiger charge is 2.54. The summed E-state index contributed by atoms with van der Waals surface area (Å²) in [5, 5.41) is 29.7. The van der Waals surface area contributed by atoms with Crippen molar-refractivity contribution in [3.8, 4) is 24.0 Å². The second-order valence-corrected chi connectivity index (χ2v) is 6.90. The number of rotatable bonds is 3. The number of nitriles is 3. The van der Waals surface area contributed by atoms with Crippen molar-refractivity contribution in [3.63, 3.8) is 0 Å². The van der Waals surface area contributed by atoms with E-state index in [-0.39, 0.29) is 17.2 Å². The zero-order chi connectivity index (χ0) is 19.6. The Hall–Kier alpha value is -3.27. The molecule has 0 aromatic heterocycles. The van der Waals surface area contributed by atoms with E-state index in [1.807, 2.05) is 44.3 Å². The van der Waals surface area contributed by atoms with E-state index in [0.29, 0.717) is 19.7 Å². The summed E-state index contributed by atoms with van der Waals surface area (Å²) in [6.45, 7) is 3.82. The zero-order valence-corrected chi connectivity index (χ0v) is 15.4. The van der Waals surface area contributed by atoms with Crippen LogP contribution in [0.1, 0.15) is 18.4 Å². The summed E-state index contributed by atoms with van der Waals surface area (Å²) in [4.78, 5) is 2.12. The normalized spacial score (nSPS) is 24.0. The molecule has 2 atom stereocenters. The lowest BCUT2D eigenvalue weighted by molar-refractivity contribution is 0.237. The van der Waals surface area contributed by atoms with E-state index in [1.54, 1.807) is 0 Å². The first-order valence-electron chi connectivity index (χ1n) is 8.86. The summed E-state index contributed by atoms with van der Waals surface area (Å²) >= 11 is 0. The minimum absolute atomic E-state index is 0.0564. The summed E-state index contributed by atoms with van der Waals surface area (Å²) in [6.07, 6.45) is 1.99. The van der Waals surface area contributed by atoms with E-state index < -0.39 is 11.3 Å². The Morgan fingerprint density at radius 3 is 2.44 bits per heavy atom. The van der Waals surface area contributed by atoms with Gasteiger partial charge in [0.25, 0.3) is 0 Å². The van der Waals surface area contributed by atoms with E-state index in [1.165, 1.54) is 0 Å². The summed E-state index contributed by atoms with van der Waals surface area (Å²) < 4.78 is 5.51. The largest absolute Gasteiger partial charge is 0.494 e. The molecule has 0 saturated heterocycles. The summed E-state index contributed by atoms with van der Waals surface area (Å²) in [5.74, 6) is 0.103.